The van der Waals surface area contributed by atoms with Gasteiger partial charge in [0.2, 0.25) is 0 Å². The van der Waals surface area contributed by atoms with Crippen molar-refractivity contribution in [3.05, 3.63) is 48.0 Å². The van der Waals surface area contributed by atoms with Gasteiger partial charge in [0.15, 0.2) is 0 Å². The summed E-state index contributed by atoms with van der Waals surface area (Å²) < 4.78 is 15.4. The van der Waals surface area contributed by atoms with E-state index in [-0.39, 0.29) is 18.6 Å². The fourth-order valence-corrected chi connectivity index (χ4v) is 5.37. The molecule has 0 amide bonds. The number of allylic oxidation sites excluding steroid dienone is 1. The van der Waals surface area contributed by atoms with Gasteiger partial charge in [-0.25, -0.2) is 4.39 Å². The van der Waals surface area contributed by atoms with E-state index in [1.807, 2.05) is 0 Å². The molecule has 5 atom stereocenters. The molecule has 2 aliphatic carbocycles. The van der Waals surface area contributed by atoms with Crippen LogP contribution < -0.4 is 21.7 Å². The number of aryl methyl sites for hydroxylation is 1. The molecule has 6 heteroatoms. The summed E-state index contributed by atoms with van der Waals surface area (Å²) in [5.41, 5.74) is 6.62. The topological polar surface area (TPSA) is 65.3 Å². The molecule has 1 aliphatic heterocycles. The van der Waals surface area contributed by atoms with Crippen LogP contribution in [0, 0.1) is 5.92 Å². The molecule has 5 N–H and O–H groups in total. The van der Waals surface area contributed by atoms with Crippen molar-refractivity contribution in [1.29, 1.82) is 0 Å². The van der Waals surface area contributed by atoms with Crippen molar-refractivity contribution in [1.82, 2.24) is 20.9 Å². The van der Waals surface area contributed by atoms with Crippen molar-refractivity contribution in [2.75, 3.05) is 0 Å². The van der Waals surface area contributed by atoms with Crippen LogP contribution in [-0.2, 0) is 6.42 Å². The van der Waals surface area contributed by atoms with Crippen LogP contribution in [0.1, 0.15) is 70.8 Å². The molecule has 5 nitrogen and oxygen atoms in total. The van der Waals surface area contributed by atoms with Crippen molar-refractivity contribution < 1.29 is 4.39 Å². The average Bonchev–Trinajstić information content (AvgIpc) is 3.60. The van der Waals surface area contributed by atoms with Crippen molar-refractivity contribution in [2.45, 2.75) is 108 Å². The summed E-state index contributed by atoms with van der Waals surface area (Å²) in [6.07, 6.45) is 13.6. The van der Waals surface area contributed by atoms with E-state index in [4.69, 9.17) is 5.73 Å². The first-order chi connectivity index (χ1) is 15.4. The lowest BCUT2D eigenvalue weighted by molar-refractivity contribution is -0.0828. The third kappa shape index (κ3) is 6.39. The van der Waals surface area contributed by atoms with Crippen LogP contribution in [0.5, 0.6) is 0 Å². The Labute approximate surface area is 193 Å². The number of hydrogen-bond donors (Lipinski definition) is 4. The molecular formula is C26H42FN5. The van der Waals surface area contributed by atoms with E-state index >= 15 is 4.39 Å². The standard InChI is InChI=1S/C26H42FN5/c1-26(2,27)23-30-25(31-24(28)32(23)21-14-8-3-4-9-15-21)29-22(20-17-18-20)16-10-13-19-11-6-5-7-12-19/h3,5-8,11-12,20-25,29-31H,4,9-10,13-18,28H2,1-2H3. The third-order valence-corrected chi connectivity index (χ3v) is 7.23. The number of rotatable bonds is 9. The molecule has 0 spiro atoms. The largest absolute Gasteiger partial charge is 0.303 e. The molecule has 1 saturated heterocycles. The van der Waals surface area contributed by atoms with E-state index < -0.39 is 11.8 Å². The molecule has 0 aromatic heterocycles. The van der Waals surface area contributed by atoms with Crippen LogP contribution in [0.2, 0.25) is 0 Å². The van der Waals surface area contributed by atoms with Crippen LogP contribution in [0.3, 0.4) is 0 Å². The summed E-state index contributed by atoms with van der Waals surface area (Å²) in [6.45, 7) is 3.33. The molecule has 0 bridgehead atoms. The van der Waals surface area contributed by atoms with Crippen molar-refractivity contribution >= 4 is 0 Å². The highest BCUT2D eigenvalue weighted by Crippen LogP contribution is 2.35. The van der Waals surface area contributed by atoms with E-state index in [0.717, 1.165) is 44.9 Å². The van der Waals surface area contributed by atoms with Crippen LogP contribution >= 0.6 is 0 Å². The number of nitrogens with two attached hydrogens (primary N) is 1. The minimum atomic E-state index is -1.40. The first-order valence-corrected chi connectivity index (χ1v) is 12.6. The molecule has 32 heavy (non-hydrogen) atoms. The van der Waals surface area contributed by atoms with Gasteiger partial charge in [0.1, 0.15) is 18.2 Å². The smallest absolute Gasteiger partial charge is 0.134 e. The van der Waals surface area contributed by atoms with Crippen LogP contribution in [0.25, 0.3) is 0 Å². The minimum Gasteiger partial charge on any atom is -0.303 e. The third-order valence-electron chi connectivity index (χ3n) is 7.23. The molecule has 5 unspecified atom stereocenters. The summed E-state index contributed by atoms with van der Waals surface area (Å²) in [7, 11) is 0. The Morgan fingerprint density at radius 3 is 2.66 bits per heavy atom. The second-order valence-corrected chi connectivity index (χ2v) is 10.4. The van der Waals surface area contributed by atoms with Gasteiger partial charge < -0.3 is 5.73 Å². The lowest BCUT2D eigenvalue weighted by Gasteiger charge is -2.52. The molecule has 1 aromatic carbocycles. The fourth-order valence-electron chi connectivity index (χ4n) is 5.37. The van der Waals surface area contributed by atoms with E-state index in [1.54, 1.807) is 13.8 Å². The molecule has 2 fully saturated rings. The van der Waals surface area contributed by atoms with Crippen LogP contribution in [0.15, 0.2) is 42.5 Å². The van der Waals surface area contributed by atoms with Crippen molar-refractivity contribution in [3.63, 3.8) is 0 Å². The monoisotopic (exact) mass is 443 g/mol. The fraction of sp³-hybridized carbons (Fsp3) is 0.692. The Balaban J connectivity index is 1.38. The second-order valence-electron chi connectivity index (χ2n) is 10.4. The Bertz CT molecular complexity index is 729. The summed E-state index contributed by atoms with van der Waals surface area (Å²) in [5.74, 6) is 0.715. The average molecular weight is 444 g/mol. The molecule has 4 rings (SSSR count). The molecular weight excluding hydrogens is 401 g/mol. The Hall–Kier alpha value is -1.31. The Morgan fingerprint density at radius 1 is 1.16 bits per heavy atom. The lowest BCUT2D eigenvalue weighted by Crippen LogP contribution is -2.79. The number of benzene rings is 1. The zero-order valence-electron chi connectivity index (χ0n) is 19.8. The van der Waals surface area contributed by atoms with Gasteiger partial charge in [-0.3, -0.25) is 20.9 Å². The number of nitrogens with zero attached hydrogens (tertiary/aromatic N) is 1. The van der Waals surface area contributed by atoms with Crippen LogP contribution in [0.4, 0.5) is 4.39 Å². The molecule has 1 aromatic rings. The number of alkyl halides is 1. The highest BCUT2D eigenvalue weighted by atomic mass is 19.1. The minimum absolute atomic E-state index is 0.190. The number of halogens is 1. The first kappa shape index (κ1) is 23.8. The number of hydrogen-bond acceptors (Lipinski definition) is 5. The molecule has 1 heterocycles. The van der Waals surface area contributed by atoms with E-state index in [2.05, 4.69) is 63.3 Å². The maximum absolute atomic E-state index is 15.4. The van der Waals surface area contributed by atoms with Gasteiger partial charge in [0.25, 0.3) is 0 Å². The highest BCUT2D eigenvalue weighted by molar-refractivity contribution is 5.14. The van der Waals surface area contributed by atoms with Crippen molar-refractivity contribution in [2.24, 2.45) is 11.7 Å². The zero-order chi connectivity index (χ0) is 22.6. The van der Waals surface area contributed by atoms with Crippen LogP contribution in [-0.4, -0.2) is 41.4 Å². The Morgan fingerprint density at radius 2 is 1.94 bits per heavy atom. The van der Waals surface area contributed by atoms with Gasteiger partial charge in [-0.05, 0) is 83.1 Å². The van der Waals surface area contributed by atoms with E-state index in [1.165, 1.54) is 18.4 Å². The van der Waals surface area contributed by atoms with E-state index in [0.29, 0.717) is 12.0 Å². The SMILES string of the molecule is CC(C)(F)C1NC(NC(CCCc2ccccc2)C2CC2)NC(N)N1C1CC=CCCC1. The zero-order valence-corrected chi connectivity index (χ0v) is 19.8. The van der Waals surface area contributed by atoms with Gasteiger partial charge in [-0.1, -0.05) is 42.5 Å². The molecule has 0 radical (unpaired) electrons. The predicted octanol–water partition coefficient (Wildman–Crippen LogP) is 3.97. The van der Waals surface area contributed by atoms with Gasteiger partial charge >= 0.3 is 0 Å². The molecule has 3 aliphatic rings. The van der Waals surface area contributed by atoms with Gasteiger partial charge in [-0.15, -0.1) is 0 Å². The molecule has 1 saturated carbocycles. The quantitative estimate of drug-likeness (QED) is 0.435. The Kier molecular flexibility index (Phi) is 8.00. The normalized spacial score (nSPS) is 30.8. The van der Waals surface area contributed by atoms with E-state index in [9.17, 15) is 0 Å². The van der Waals surface area contributed by atoms with Gasteiger partial charge in [-0.2, -0.15) is 0 Å². The first-order valence-electron chi connectivity index (χ1n) is 12.6. The summed E-state index contributed by atoms with van der Waals surface area (Å²) >= 11 is 0. The summed E-state index contributed by atoms with van der Waals surface area (Å²) in [5, 5.41) is 10.8. The lowest BCUT2D eigenvalue weighted by atomic mass is 9.99. The maximum Gasteiger partial charge on any atom is 0.134 e. The number of nitrogens with one attached hydrogen (secondary N) is 3. The van der Waals surface area contributed by atoms with Gasteiger partial charge in [0, 0.05) is 12.1 Å². The summed E-state index contributed by atoms with van der Waals surface area (Å²) in [4.78, 5) is 2.13. The summed E-state index contributed by atoms with van der Waals surface area (Å²) in [6, 6.07) is 11.4. The molecule has 178 valence electrons. The predicted molar refractivity (Wildman–Crippen MR) is 129 cm³/mol. The second kappa shape index (κ2) is 10.7. The maximum atomic E-state index is 15.4. The highest BCUT2D eigenvalue weighted by Gasteiger charge is 2.45. The van der Waals surface area contributed by atoms with Crippen molar-refractivity contribution in [3.8, 4) is 0 Å². The van der Waals surface area contributed by atoms with Gasteiger partial charge in [0.05, 0.1) is 6.17 Å².